The zero-order chi connectivity index (χ0) is 25.3. The maximum absolute atomic E-state index is 11.8. The van der Waals surface area contributed by atoms with Gasteiger partial charge in [0.2, 0.25) is 10.0 Å². The number of anilines is 2. The van der Waals surface area contributed by atoms with E-state index in [1.807, 2.05) is 54.2 Å². The first kappa shape index (κ1) is 24.8. The first-order valence-corrected chi connectivity index (χ1v) is 14.4. The molecule has 0 radical (unpaired) electrons. The number of benzene rings is 2. The van der Waals surface area contributed by atoms with E-state index in [2.05, 4.69) is 20.3 Å². The van der Waals surface area contributed by atoms with Crippen LogP contribution in [0, 0.1) is 0 Å². The number of hydrogen-bond donors (Lipinski definition) is 1. The number of ether oxygens (including phenoxy) is 1. The first-order chi connectivity index (χ1) is 17.3. The molecular weight excluding hydrogens is 520 g/mol. The van der Waals surface area contributed by atoms with Crippen LogP contribution >= 0.6 is 23.4 Å². The normalized spacial score (nSPS) is 15.3. The lowest BCUT2D eigenvalue weighted by atomic mass is 10.1. The van der Waals surface area contributed by atoms with Gasteiger partial charge in [-0.3, -0.25) is 0 Å². The van der Waals surface area contributed by atoms with E-state index in [1.165, 1.54) is 28.7 Å². The van der Waals surface area contributed by atoms with Gasteiger partial charge in [-0.2, -0.15) is 0 Å². The van der Waals surface area contributed by atoms with E-state index >= 15 is 0 Å². The van der Waals surface area contributed by atoms with Crippen LogP contribution in [-0.4, -0.2) is 57.7 Å². The number of rotatable bonds is 7. The number of aryl methyl sites for hydroxylation is 1. The van der Waals surface area contributed by atoms with Crippen LogP contribution in [0.5, 0.6) is 5.75 Å². The third-order valence-electron chi connectivity index (χ3n) is 5.95. The quantitative estimate of drug-likeness (QED) is 0.357. The van der Waals surface area contributed by atoms with Crippen molar-refractivity contribution in [2.75, 3.05) is 24.7 Å². The molecule has 0 atom stereocenters. The Kier molecular flexibility index (Phi) is 7.07. The predicted molar refractivity (Wildman–Crippen MR) is 142 cm³/mol. The van der Waals surface area contributed by atoms with Crippen molar-refractivity contribution in [1.82, 2.24) is 23.8 Å². The van der Waals surface area contributed by atoms with Crippen LogP contribution in [0.1, 0.15) is 12.8 Å². The van der Waals surface area contributed by atoms with Crippen molar-refractivity contribution in [2.45, 2.75) is 29.0 Å². The van der Waals surface area contributed by atoms with Gasteiger partial charge in [0.1, 0.15) is 24.0 Å². The minimum absolute atomic E-state index is 0.0518. The lowest BCUT2D eigenvalue weighted by Crippen LogP contribution is -2.41. The van der Waals surface area contributed by atoms with Crippen LogP contribution < -0.4 is 10.1 Å². The van der Waals surface area contributed by atoms with Crippen LogP contribution in [0.15, 0.2) is 65.2 Å². The SMILES string of the molecule is Cn1ccnc1Sc1ccc(Nc2ncnc3ccc(OC4CCN(S(C)(=O)=O)CC4)cc23)cc1Cl. The van der Waals surface area contributed by atoms with Crippen molar-refractivity contribution in [3.63, 3.8) is 0 Å². The number of nitrogens with zero attached hydrogens (tertiary/aromatic N) is 5. The summed E-state index contributed by atoms with van der Waals surface area (Å²) in [7, 11) is -1.23. The molecule has 12 heteroatoms. The second-order valence-corrected chi connectivity index (χ2v) is 12.0. The highest BCUT2D eigenvalue weighted by Crippen LogP contribution is 2.35. The van der Waals surface area contributed by atoms with E-state index < -0.39 is 10.0 Å². The molecule has 2 aromatic carbocycles. The second-order valence-electron chi connectivity index (χ2n) is 8.57. The Morgan fingerprint density at radius 1 is 1.11 bits per heavy atom. The highest BCUT2D eigenvalue weighted by atomic mass is 35.5. The Bertz CT molecular complexity index is 1500. The molecule has 1 N–H and O–H groups in total. The van der Waals surface area contributed by atoms with Gasteiger partial charge in [0.05, 0.1) is 16.8 Å². The molecule has 1 saturated heterocycles. The summed E-state index contributed by atoms with van der Waals surface area (Å²) in [4.78, 5) is 14.0. The minimum atomic E-state index is -3.17. The summed E-state index contributed by atoms with van der Waals surface area (Å²) in [6.07, 6.45) is 7.63. The van der Waals surface area contributed by atoms with E-state index in [0.29, 0.717) is 42.5 Å². The lowest BCUT2D eigenvalue weighted by molar-refractivity contribution is 0.135. The van der Waals surface area contributed by atoms with Crippen molar-refractivity contribution < 1.29 is 13.2 Å². The number of imidazole rings is 1. The van der Waals surface area contributed by atoms with E-state index in [1.54, 1.807) is 6.20 Å². The van der Waals surface area contributed by atoms with Crippen LogP contribution in [0.3, 0.4) is 0 Å². The number of nitrogens with one attached hydrogen (secondary N) is 1. The fraction of sp³-hybridized carbons (Fsp3) is 0.292. The zero-order valence-corrected chi connectivity index (χ0v) is 22.1. The Balaban J connectivity index is 1.32. The Morgan fingerprint density at radius 3 is 2.61 bits per heavy atom. The lowest BCUT2D eigenvalue weighted by Gasteiger charge is -2.30. The summed E-state index contributed by atoms with van der Waals surface area (Å²) >= 11 is 8.06. The van der Waals surface area contributed by atoms with Crippen molar-refractivity contribution in [1.29, 1.82) is 0 Å². The molecule has 0 aliphatic carbocycles. The molecule has 9 nitrogen and oxygen atoms in total. The highest BCUT2D eigenvalue weighted by molar-refractivity contribution is 7.99. The molecule has 0 amide bonds. The summed E-state index contributed by atoms with van der Waals surface area (Å²) in [5, 5.41) is 5.62. The van der Waals surface area contributed by atoms with Crippen molar-refractivity contribution in [3.05, 3.63) is 60.1 Å². The smallest absolute Gasteiger partial charge is 0.211 e. The molecular formula is C24H25ClN6O3S2. The summed E-state index contributed by atoms with van der Waals surface area (Å²) in [5.74, 6) is 1.33. The number of aromatic nitrogens is 4. The summed E-state index contributed by atoms with van der Waals surface area (Å²) in [6, 6.07) is 11.4. The molecule has 0 bridgehead atoms. The zero-order valence-electron chi connectivity index (χ0n) is 19.8. The van der Waals surface area contributed by atoms with Crippen LogP contribution in [0.2, 0.25) is 5.02 Å². The molecule has 0 saturated carbocycles. The van der Waals surface area contributed by atoms with Crippen molar-refractivity contribution >= 4 is 55.8 Å². The number of sulfonamides is 1. The largest absolute Gasteiger partial charge is 0.490 e. The standard InChI is InChI=1S/C24H25ClN6O3S2/c1-30-12-9-26-24(30)35-22-6-3-16(13-20(22)25)29-23-19-14-18(4-5-21(19)27-15-28-23)34-17-7-10-31(11-8-17)36(2,32)33/h3-6,9,12-15,17H,7-8,10-11H2,1-2H3,(H,27,28,29). The van der Waals surface area contributed by atoms with Crippen LogP contribution in [-0.2, 0) is 17.1 Å². The molecule has 2 aromatic heterocycles. The van der Waals surface area contributed by atoms with E-state index in [9.17, 15) is 8.42 Å². The van der Waals surface area contributed by atoms with E-state index in [4.69, 9.17) is 16.3 Å². The summed E-state index contributed by atoms with van der Waals surface area (Å²) in [5.41, 5.74) is 1.57. The topological polar surface area (TPSA) is 102 Å². The number of fused-ring (bicyclic) bond motifs is 1. The first-order valence-electron chi connectivity index (χ1n) is 11.3. The van der Waals surface area contributed by atoms with Crippen molar-refractivity contribution in [2.24, 2.45) is 7.05 Å². The van der Waals surface area contributed by atoms with Gasteiger partial charge in [-0.05, 0) is 49.2 Å². The number of hydrogen-bond acceptors (Lipinski definition) is 8. The van der Waals surface area contributed by atoms with Gasteiger partial charge in [-0.15, -0.1) is 0 Å². The van der Waals surface area contributed by atoms with Gasteiger partial charge in [0.25, 0.3) is 0 Å². The predicted octanol–water partition coefficient (Wildman–Crippen LogP) is 4.71. The fourth-order valence-electron chi connectivity index (χ4n) is 4.03. The monoisotopic (exact) mass is 544 g/mol. The Hall–Kier alpha value is -2.86. The third kappa shape index (κ3) is 5.59. The van der Waals surface area contributed by atoms with E-state index in [0.717, 1.165) is 26.6 Å². The number of piperidine rings is 1. The third-order valence-corrected chi connectivity index (χ3v) is 8.83. The van der Waals surface area contributed by atoms with Gasteiger partial charge < -0.3 is 14.6 Å². The summed E-state index contributed by atoms with van der Waals surface area (Å²) < 4.78 is 33.1. The molecule has 1 aliphatic rings. The Labute approximate surface area is 218 Å². The molecule has 36 heavy (non-hydrogen) atoms. The molecule has 188 valence electrons. The molecule has 0 unspecified atom stereocenters. The highest BCUT2D eigenvalue weighted by Gasteiger charge is 2.26. The Morgan fingerprint density at radius 2 is 1.92 bits per heavy atom. The van der Waals surface area contributed by atoms with Gasteiger partial charge in [-0.25, -0.2) is 27.7 Å². The maximum atomic E-state index is 11.8. The molecule has 0 spiro atoms. The van der Waals surface area contributed by atoms with E-state index in [-0.39, 0.29) is 6.10 Å². The molecule has 4 aromatic rings. The second kappa shape index (κ2) is 10.3. The van der Waals surface area contributed by atoms with Crippen LogP contribution in [0.4, 0.5) is 11.5 Å². The summed E-state index contributed by atoms with van der Waals surface area (Å²) in [6.45, 7) is 0.921. The van der Waals surface area contributed by atoms with Gasteiger partial charge in [-0.1, -0.05) is 23.4 Å². The van der Waals surface area contributed by atoms with Crippen molar-refractivity contribution in [3.8, 4) is 5.75 Å². The van der Waals surface area contributed by atoms with Gasteiger partial charge in [0, 0.05) is 48.5 Å². The average molecular weight is 545 g/mol. The molecule has 5 rings (SSSR count). The van der Waals surface area contributed by atoms with Gasteiger partial charge >= 0.3 is 0 Å². The van der Waals surface area contributed by atoms with Crippen LogP contribution in [0.25, 0.3) is 10.9 Å². The van der Waals surface area contributed by atoms with Gasteiger partial charge in [0.15, 0.2) is 5.16 Å². The average Bonchev–Trinajstić information content (AvgIpc) is 3.25. The molecule has 1 aliphatic heterocycles. The maximum Gasteiger partial charge on any atom is 0.211 e. The molecule has 3 heterocycles. The number of halogens is 1. The minimum Gasteiger partial charge on any atom is -0.490 e. The fourth-order valence-corrected chi connectivity index (χ4v) is 6.01. The molecule has 1 fully saturated rings.